The normalized spacial score (nSPS) is 17.6. The number of halogens is 1. The van der Waals surface area contributed by atoms with E-state index in [4.69, 9.17) is 5.73 Å². The van der Waals surface area contributed by atoms with Crippen molar-refractivity contribution < 1.29 is 18.1 Å². The molecule has 0 aromatic heterocycles. The Bertz CT molecular complexity index is 727. The van der Waals surface area contributed by atoms with Crippen LogP contribution in [0.2, 0.25) is 0 Å². The molecule has 1 aromatic carbocycles. The molecule has 0 aliphatic carbocycles. The predicted molar refractivity (Wildman–Crippen MR) is 89.3 cm³/mol. The van der Waals surface area contributed by atoms with Crippen molar-refractivity contribution in [2.75, 3.05) is 26.7 Å². The zero-order valence-corrected chi connectivity index (χ0v) is 14.6. The second-order valence-electron chi connectivity index (χ2n) is 5.40. The molecular weight excluding hydrogens is 360 g/mol. The van der Waals surface area contributed by atoms with Crippen molar-refractivity contribution in [2.24, 2.45) is 5.73 Å². The molecule has 0 spiro atoms. The summed E-state index contributed by atoms with van der Waals surface area (Å²) in [6.07, 6.45) is 0.688. The lowest BCUT2D eigenvalue weighted by Gasteiger charge is -2.21. The molecule has 0 saturated carbocycles. The molecule has 9 nitrogen and oxygen atoms in total. The lowest BCUT2D eigenvalue weighted by Crippen LogP contribution is -2.41. The van der Waals surface area contributed by atoms with Gasteiger partial charge in [-0.25, -0.2) is 8.42 Å². The number of carbonyl (C=O) groups excluding carboxylic acids is 1. The highest BCUT2D eigenvalue weighted by Gasteiger charge is 2.29. The lowest BCUT2D eigenvalue weighted by atomic mass is 10.3. The van der Waals surface area contributed by atoms with Crippen molar-refractivity contribution in [2.45, 2.75) is 17.4 Å². The number of likely N-dealkylation sites (N-methyl/N-ethyl adjacent to an activating group) is 1. The Labute approximate surface area is 146 Å². The van der Waals surface area contributed by atoms with Crippen LogP contribution in [0.5, 0.6) is 0 Å². The second kappa shape index (κ2) is 7.88. The Morgan fingerprint density at radius 3 is 2.71 bits per heavy atom. The van der Waals surface area contributed by atoms with Crippen LogP contribution in [0.3, 0.4) is 0 Å². The quantitative estimate of drug-likeness (QED) is 0.575. The minimum atomic E-state index is -3.98. The summed E-state index contributed by atoms with van der Waals surface area (Å²) < 4.78 is 25.7. The van der Waals surface area contributed by atoms with Crippen LogP contribution in [0.4, 0.5) is 5.69 Å². The van der Waals surface area contributed by atoms with E-state index in [0.29, 0.717) is 19.5 Å². The van der Waals surface area contributed by atoms with E-state index in [1.807, 2.05) is 0 Å². The number of nitrogens with two attached hydrogens (primary N) is 1. The molecule has 1 amide bonds. The molecule has 1 aromatic rings. The van der Waals surface area contributed by atoms with E-state index >= 15 is 0 Å². The molecular formula is C13H19ClN4O5S. The van der Waals surface area contributed by atoms with Gasteiger partial charge in [0.05, 0.1) is 16.4 Å². The number of hydrogen-bond donors (Lipinski definition) is 1. The Morgan fingerprint density at radius 1 is 1.50 bits per heavy atom. The van der Waals surface area contributed by atoms with Gasteiger partial charge in [0.2, 0.25) is 15.9 Å². The minimum absolute atomic E-state index is 0. The maximum atomic E-state index is 12.4. The van der Waals surface area contributed by atoms with Crippen LogP contribution in [0.25, 0.3) is 0 Å². The van der Waals surface area contributed by atoms with Crippen LogP contribution in [0, 0.1) is 10.1 Å². The number of rotatable bonds is 5. The molecule has 2 rings (SSSR count). The molecule has 1 aliphatic rings. The highest BCUT2D eigenvalue weighted by molar-refractivity contribution is 7.89. The summed E-state index contributed by atoms with van der Waals surface area (Å²) in [7, 11) is -2.72. The fourth-order valence-corrected chi connectivity index (χ4v) is 3.49. The summed E-state index contributed by atoms with van der Waals surface area (Å²) in [5.74, 6) is -0.338. The van der Waals surface area contributed by atoms with Gasteiger partial charge in [0, 0.05) is 38.3 Å². The number of non-ortho nitro benzene ring substituents is 1. The molecule has 0 unspecified atom stereocenters. The van der Waals surface area contributed by atoms with E-state index in [2.05, 4.69) is 0 Å². The Kier molecular flexibility index (Phi) is 6.67. The summed E-state index contributed by atoms with van der Waals surface area (Å²) in [5, 5.41) is 10.8. The molecule has 1 saturated heterocycles. The summed E-state index contributed by atoms with van der Waals surface area (Å²) in [6, 6.07) is 4.64. The Morgan fingerprint density at radius 2 is 2.17 bits per heavy atom. The number of hydrogen-bond acceptors (Lipinski definition) is 6. The lowest BCUT2D eigenvalue weighted by molar-refractivity contribution is -0.385. The van der Waals surface area contributed by atoms with E-state index in [1.165, 1.54) is 30.1 Å². The van der Waals surface area contributed by atoms with E-state index in [0.717, 1.165) is 10.4 Å². The SMILES string of the molecule is CN(CC(=O)N1CC[C@@H](N)C1)S(=O)(=O)c1cccc([N+](=O)[O-])c1.Cl. The molecule has 11 heteroatoms. The van der Waals surface area contributed by atoms with Crippen LogP contribution >= 0.6 is 12.4 Å². The van der Waals surface area contributed by atoms with Crippen molar-refractivity contribution in [3.05, 3.63) is 34.4 Å². The first-order chi connectivity index (χ1) is 10.7. The molecule has 24 heavy (non-hydrogen) atoms. The highest BCUT2D eigenvalue weighted by atomic mass is 35.5. The number of sulfonamides is 1. The smallest absolute Gasteiger partial charge is 0.270 e. The number of likely N-dealkylation sites (tertiary alicyclic amines) is 1. The van der Waals surface area contributed by atoms with Gasteiger partial charge in [-0.2, -0.15) is 4.31 Å². The van der Waals surface area contributed by atoms with Crippen LogP contribution < -0.4 is 5.73 Å². The zero-order valence-electron chi connectivity index (χ0n) is 13.0. The molecule has 0 radical (unpaired) electrons. The Balaban J connectivity index is 0.00000288. The number of benzene rings is 1. The van der Waals surface area contributed by atoms with Gasteiger partial charge >= 0.3 is 0 Å². The fraction of sp³-hybridized carbons (Fsp3) is 0.462. The summed E-state index contributed by atoms with van der Waals surface area (Å²) in [6.45, 7) is 0.575. The Hall–Kier alpha value is -1.75. The number of carbonyl (C=O) groups is 1. The number of amides is 1. The van der Waals surface area contributed by atoms with Crippen molar-refractivity contribution >= 4 is 34.0 Å². The summed E-state index contributed by atoms with van der Waals surface area (Å²) >= 11 is 0. The first-order valence-corrected chi connectivity index (χ1v) is 8.40. The molecule has 134 valence electrons. The van der Waals surface area contributed by atoms with Crippen molar-refractivity contribution in [1.82, 2.24) is 9.21 Å². The molecule has 1 aliphatic heterocycles. The number of nitrogens with zero attached hydrogens (tertiary/aromatic N) is 3. The molecule has 2 N–H and O–H groups in total. The van der Waals surface area contributed by atoms with E-state index in [-0.39, 0.29) is 41.5 Å². The first-order valence-electron chi connectivity index (χ1n) is 6.96. The minimum Gasteiger partial charge on any atom is -0.340 e. The second-order valence-corrected chi connectivity index (χ2v) is 7.45. The third-order valence-corrected chi connectivity index (χ3v) is 5.47. The van der Waals surface area contributed by atoms with Crippen LogP contribution in [0.15, 0.2) is 29.2 Å². The zero-order chi connectivity index (χ0) is 17.2. The molecule has 0 bridgehead atoms. The average Bonchev–Trinajstić information content (AvgIpc) is 2.94. The van der Waals surface area contributed by atoms with Gasteiger partial charge in [0.15, 0.2) is 0 Å². The molecule has 1 fully saturated rings. The topological polar surface area (TPSA) is 127 Å². The largest absolute Gasteiger partial charge is 0.340 e. The summed E-state index contributed by atoms with van der Waals surface area (Å²) in [5.41, 5.74) is 5.40. The maximum absolute atomic E-state index is 12.4. The fourth-order valence-electron chi connectivity index (χ4n) is 2.33. The van der Waals surface area contributed by atoms with Gasteiger partial charge in [0.1, 0.15) is 0 Å². The van der Waals surface area contributed by atoms with Crippen molar-refractivity contribution in [3.8, 4) is 0 Å². The highest BCUT2D eigenvalue weighted by Crippen LogP contribution is 2.20. The number of nitro benzene ring substituents is 1. The monoisotopic (exact) mass is 378 g/mol. The maximum Gasteiger partial charge on any atom is 0.270 e. The van der Waals surface area contributed by atoms with Crippen molar-refractivity contribution in [1.29, 1.82) is 0 Å². The van der Waals surface area contributed by atoms with E-state index < -0.39 is 14.9 Å². The molecule has 1 atom stereocenters. The van der Waals surface area contributed by atoms with Crippen LogP contribution in [-0.2, 0) is 14.8 Å². The standard InChI is InChI=1S/C13H18N4O5S.ClH/c1-15(9-13(18)16-6-5-10(14)8-16)23(21,22)12-4-2-3-11(7-12)17(19)20;/h2-4,7,10H,5-6,8-9,14H2,1H3;1H/t10-;/m1./s1. The van der Waals surface area contributed by atoms with Gasteiger partial charge < -0.3 is 10.6 Å². The average molecular weight is 379 g/mol. The number of nitro groups is 1. The van der Waals surface area contributed by atoms with Crippen LogP contribution in [-0.4, -0.2) is 61.2 Å². The third-order valence-electron chi connectivity index (χ3n) is 3.67. The van der Waals surface area contributed by atoms with Crippen molar-refractivity contribution in [3.63, 3.8) is 0 Å². The van der Waals surface area contributed by atoms with Gasteiger partial charge in [-0.05, 0) is 12.5 Å². The van der Waals surface area contributed by atoms with Gasteiger partial charge in [-0.3, -0.25) is 14.9 Å². The summed E-state index contributed by atoms with van der Waals surface area (Å²) in [4.78, 5) is 23.5. The van der Waals surface area contributed by atoms with E-state index in [1.54, 1.807) is 0 Å². The van der Waals surface area contributed by atoms with E-state index in [9.17, 15) is 23.3 Å². The third kappa shape index (κ3) is 4.41. The van der Waals surface area contributed by atoms with Gasteiger partial charge in [0.25, 0.3) is 5.69 Å². The first kappa shape index (κ1) is 20.3. The van der Waals surface area contributed by atoms with Gasteiger partial charge in [-0.15, -0.1) is 12.4 Å². The van der Waals surface area contributed by atoms with Crippen LogP contribution in [0.1, 0.15) is 6.42 Å². The molecule has 1 heterocycles. The predicted octanol–water partition coefficient (Wildman–Crippen LogP) is 0.197. The van der Waals surface area contributed by atoms with Gasteiger partial charge in [-0.1, -0.05) is 6.07 Å².